The smallest absolute Gasteiger partial charge is 0.254 e. The zero-order valence-corrected chi connectivity index (χ0v) is 12.5. The van der Waals surface area contributed by atoms with Gasteiger partial charge >= 0.3 is 0 Å². The molecular weight excluding hydrogens is 276 g/mol. The number of rotatable bonds is 2. The van der Waals surface area contributed by atoms with E-state index in [0.29, 0.717) is 12.1 Å². The molecule has 2 bridgehead atoms. The molecule has 0 spiro atoms. The van der Waals surface area contributed by atoms with E-state index in [4.69, 9.17) is 0 Å². The van der Waals surface area contributed by atoms with Crippen molar-refractivity contribution in [2.45, 2.75) is 31.3 Å². The summed E-state index contributed by atoms with van der Waals surface area (Å²) < 4.78 is 1.94. The highest BCUT2D eigenvalue weighted by atomic mass is 16.2. The van der Waals surface area contributed by atoms with Gasteiger partial charge in [0.05, 0.1) is 6.33 Å². The molecule has 1 aromatic carbocycles. The summed E-state index contributed by atoms with van der Waals surface area (Å²) in [5, 5.41) is 3.44. The van der Waals surface area contributed by atoms with Crippen LogP contribution in [0.25, 0.3) is 5.69 Å². The topological polar surface area (TPSA) is 50.2 Å². The zero-order chi connectivity index (χ0) is 14.9. The van der Waals surface area contributed by atoms with Crippen LogP contribution in [0, 0.1) is 0 Å². The molecule has 2 aliphatic heterocycles. The van der Waals surface area contributed by atoms with Crippen molar-refractivity contribution in [3.63, 3.8) is 0 Å². The van der Waals surface area contributed by atoms with Crippen LogP contribution in [0.4, 0.5) is 0 Å². The number of nitrogens with zero attached hydrogens (tertiary/aromatic N) is 3. The quantitative estimate of drug-likeness (QED) is 0.920. The molecule has 1 amide bonds. The molecule has 22 heavy (non-hydrogen) atoms. The predicted molar refractivity (Wildman–Crippen MR) is 84.0 cm³/mol. The monoisotopic (exact) mass is 296 g/mol. The summed E-state index contributed by atoms with van der Waals surface area (Å²) in [6.07, 6.45) is 8.74. The first-order chi connectivity index (χ1) is 10.8. The largest absolute Gasteiger partial charge is 0.331 e. The van der Waals surface area contributed by atoms with Gasteiger partial charge in [0.15, 0.2) is 0 Å². The maximum atomic E-state index is 12.9. The summed E-state index contributed by atoms with van der Waals surface area (Å²) in [5.74, 6) is 0.174. The summed E-state index contributed by atoms with van der Waals surface area (Å²) in [6, 6.07) is 8.57. The number of carbonyl (C=O) groups is 1. The first-order valence-corrected chi connectivity index (χ1v) is 7.95. The molecule has 2 saturated heterocycles. The van der Waals surface area contributed by atoms with Crippen molar-refractivity contribution >= 4 is 5.91 Å². The molecule has 4 rings (SSSR count). The molecule has 2 unspecified atom stereocenters. The second-order valence-electron chi connectivity index (χ2n) is 6.11. The van der Waals surface area contributed by atoms with E-state index in [-0.39, 0.29) is 5.91 Å². The molecule has 1 aromatic heterocycles. The first kappa shape index (κ1) is 13.5. The number of benzene rings is 1. The fourth-order valence-corrected chi connectivity index (χ4v) is 3.65. The van der Waals surface area contributed by atoms with Gasteiger partial charge in [0.25, 0.3) is 5.91 Å². The number of nitrogens with one attached hydrogen (secondary N) is 1. The maximum absolute atomic E-state index is 12.9. The predicted octanol–water partition coefficient (Wildman–Crippen LogP) is 1.84. The third-order valence-electron chi connectivity index (χ3n) is 4.81. The van der Waals surface area contributed by atoms with E-state index < -0.39 is 0 Å². The number of amides is 1. The Hall–Kier alpha value is -2.14. The summed E-state index contributed by atoms with van der Waals surface area (Å²) in [6.45, 7) is 1.94. The highest BCUT2D eigenvalue weighted by molar-refractivity contribution is 5.95. The Labute approximate surface area is 130 Å². The second kappa shape index (κ2) is 5.57. The van der Waals surface area contributed by atoms with Gasteiger partial charge in [0, 0.05) is 42.3 Å². The van der Waals surface area contributed by atoms with Crippen molar-refractivity contribution in [2.75, 3.05) is 13.1 Å². The van der Waals surface area contributed by atoms with Gasteiger partial charge in [0.2, 0.25) is 0 Å². The molecule has 2 aromatic rings. The number of fused-ring (bicyclic) bond motifs is 2. The van der Waals surface area contributed by atoms with Gasteiger partial charge in [-0.25, -0.2) is 4.98 Å². The summed E-state index contributed by atoms with van der Waals surface area (Å²) in [7, 11) is 0. The molecule has 2 aliphatic rings. The van der Waals surface area contributed by atoms with Crippen molar-refractivity contribution in [2.24, 2.45) is 0 Å². The van der Waals surface area contributed by atoms with Gasteiger partial charge in [-0.2, -0.15) is 0 Å². The third-order valence-corrected chi connectivity index (χ3v) is 4.81. The minimum absolute atomic E-state index is 0.174. The Balaban J connectivity index is 1.57. The van der Waals surface area contributed by atoms with Crippen molar-refractivity contribution in [3.8, 4) is 5.69 Å². The first-order valence-electron chi connectivity index (χ1n) is 7.95. The normalized spacial score (nSPS) is 24.3. The van der Waals surface area contributed by atoms with Crippen molar-refractivity contribution in [1.82, 2.24) is 19.8 Å². The van der Waals surface area contributed by atoms with Crippen molar-refractivity contribution in [3.05, 3.63) is 48.5 Å². The molecule has 0 radical (unpaired) electrons. The van der Waals surface area contributed by atoms with Crippen LogP contribution in [0.15, 0.2) is 43.0 Å². The molecular formula is C17H20N4O. The Morgan fingerprint density at radius 2 is 1.95 bits per heavy atom. The SMILES string of the molecule is O=C(c1ccc(-n2ccnc2)cc1)N1C2CCNCC1CC2. The average molecular weight is 296 g/mol. The van der Waals surface area contributed by atoms with E-state index >= 15 is 0 Å². The van der Waals surface area contributed by atoms with Gasteiger partial charge in [-0.3, -0.25) is 4.79 Å². The minimum Gasteiger partial charge on any atom is -0.331 e. The Morgan fingerprint density at radius 1 is 1.14 bits per heavy atom. The highest BCUT2D eigenvalue weighted by Gasteiger charge is 2.38. The molecule has 1 N–H and O–H groups in total. The van der Waals surface area contributed by atoms with E-state index in [1.807, 2.05) is 35.0 Å². The number of hydrogen-bond donors (Lipinski definition) is 1. The number of aromatic nitrogens is 2. The van der Waals surface area contributed by atoms with Crippen LogP contribution in [-0.2, 0) is 0 Å². The van der Waals surface area contributed by atoms with Crippen molar-refractivity contribution < 1.29 is 4.79 Å². The van der Waals surface area contributed by atoms with E-state index in [1.54, 1.807) is 12.5 Å². The number of hydrogen-bond acceptors (Lipinski definition) is 3. The molecule has 3 heterocycles. The van der Waals surface area contributed by atoms with Gasteiger partial charge in [-0.15, -0.1) is 0 Å². The van der Waals surface area contributed by atoms with Gasteiger partial charge in [-0.05, 0) is 50.1 Å². The molecule has 5 nitrogen and oxygen atoms in total. The van der Waals surface area contributed by atoms with Crippen LogP contribution >= 0.6 is 0 Å². The number of carbonyl (C=O) groups excluding carboxylic acids is 1. The summed E-state index contributed by atoms with van der Waals surface area (Å²) in [5.41, 5.74) is 1.80. The lowest BCUT2D eigenvalue weighted by molar-refractivity contribution is 0.0680. The molecule has 5 heteroatoms. The van der Waals surface area contributed by atoms with Gasteiger partial charge in [0.1, 0.15) is 0 Å². The van der Waals surface area contributed by atoms with Crippen LogP contribution in [0.2, 0.25) is 0 Å². The van der Waals surface area contributed by atoms with E-state index in [1.165, 1.54) is 0 Å². The van der Waals surface area contributed by atoms with Crippen LogP contribution in [-0.4, -0.2) is 45.5 Å². The number of imidazole rings is 1. The fourth-order valence-electron chi connectivity index (χ4n) is 3.65. The summed E-state index contributed by atoms with van der Waals surface area (Å²) in [4.78, 5) is 19.1. The Kier molecular flexibility index (Phi) is 3.42. The molecule has 0 saturated carbocycles. The molecule has 114 valence electrons. The van der Waals surface area contributed by atoms with Gasteiger partial charge < -0.3 is 14.8 Å². The maximum Gasteiger partial charge on any atom is 0.254 e. The van der Waals surface area contributed by atoms with Gasteiger partial charge in [-0.1, -0.05) is 0 Å². The molecule has 2 atom stereocenters. The van der Waals surface area contributed by atoms with E-state index in [2.05, 4.69) is 15.2 Å². The van der Waals surface area contributed by atoms with Crippen LogP contribution in [0.3, 0.4) is 0 Å². The average Bonchev–Trinajstić information content (AvgIpc) is 3.14. The molecule has 0 aliphatic carbocycles. The second-order valence-corrected chi connectivity index (χ2v) is 6.11. The lowest BCUT2D eigenvalue weighted by Gasteiger charge is -2.28. The Morgan fingerprint density at radius 3 is 2.73 bits per heavy atom. The van der Waals surface area contributed by atoms with Crippen LogP contribution in [0.1, 0.15) is 29.6 Å². The Bertz CT molecular complexity index is 636. The third kappa shape index (κ3) is 2.31. The lowest BCUT2D eigenvalue weighted by Crippen LogP contribution is -2.42. The fraction of sp³-hybridized carbons (Fsp3) is 0.412. The van der Waals surface area contributed by atoms with Crippen molar-refractivity contribution in [1.29, 1.82) is 0 Å². The van der Waals surface area contributed by atoms with Crippen LogP contribution < -0.4 is 5.32 Å². The van der Waals surface area contributed by atoms with E-state index in [0.717, 1.165) is 43.6 Å². The lowest BCUT2D eigenvalue weighted by atomic mass is 10.1. The molecule has 2 fully saturated rings. The highest BCUT2D eigenvalue weighted by Crippen LogP contribution is 2.29. The summed E-state index contributed by atoms with van der Waals surface area (Å²) >= 11 is 0. The minimum atomic E-state index is 0.174. The standard InChI is InChI=1S/C17H20N4O/c22-17(21-15-5-6-16(21)11-18-8-7-15)13-1-3-14(4-2-13)20-10-9-19-12-20/h1-4,9-10,12,15-16,18H,5-8,11H2. The van der Waals surface area contributed by atoms with E-state index in [9.17, 15) is 4.79 Å². The van der Waals surface area contributed by atoms with Crippen LogP contribution in [0.5, 0.6) is 0 Å². The zero-order valence-electron chi connectivity index (χ0n) is 12.5.